The number of fused-ring (bicyclic) bond motifs is 6. The summed E-state index contributed by atoms with van der Waals surface area (Å²) < 4.78 is 16.4. The maximum atomic E-state index is 7.10. The maximum Gasteiger partial charge on any atom is 2.00 e. The molecule has 0 amide bonds. The maximum absolute atomic E-state index is 7.10. The second-order valence-corrected chi connectivity index (χ2v) is 22.0. The van der Waals surface area contributed by atoms with E-state index < -0.39 is 11.1 Å². The number of aliphatic imine (C=N–C) groups is 1. The summed E-state index contributed by atoms with van der Waals surface area (Å²) in [4.78, 5) is 10.5. The largest absolute Gasteiger partial charge is 2.00 e. The molecule has 0 fully saturated rings. The monoisotopic (exact) mass is 1030 g/mol. The van der Waals surface area contributed by atoms with Gasteiger partial charge in [0.2, 0.25) is 0 Å². The van der Waals surface area contributed by atoms with Gasteiger partial charge in [-0.3, -0.25) is 4.99 Å². The topological polar surface area (TPSA) is 48.6 Å². The number of hydrogen-bond acceptors (Lipinski definition) is 4. The van der Waals surface area contributed by atoms with Crippen molar-refractivity contribution in [3.8, 4) is 28.3 Å². The van der Waals surface area contributed by atoms with E-state index in [1.807, 2.05) is 12.3 Å². The van der Waals surface area contributed by atoms with E-state index in [0.717, 1.165) is 45.3 Å². The normalized spacial score (nSPS) is 18.5. The molecule has 5 nitrogen and oxygen atoms in total. The number of aryl methyl sites for hydroxylation is 1. The molecular weight excluding hydrogens is 966 g/mol. The van der Waals surface area contributed by atoms with Gasteiger partial charge in [-0.15, -0.1) is 29.8 Å². The smallest absolute Gasteiger partial charge is 0.511 e. The summed E-state index contributed by atoms with van der Waals surface area (Å²) in [6, 6.07) is 38.4. The van der Waals surface area contributed by atoms with Crippen molar-refractivity contribution in [1.82, 2.24) is 9.55 Å². The first-order valence-electron chi connectivity index (χ1n) is 22.7. The number of pyridine rings is 1. The third-order valence-electron chi connectivity index (χ3n) is 14.0. The number of nitrogens with zero attached hydrogens (tertiary/aromatic N) is 3. The van der Waals surface area contributed by atoms with Crippen LogP contribution in [0.2, 0.25) is 0 Å². The van der Waals surface area contributed by atoms with Crippen LogP contribution < -0.4 is 4.74 Å². The van der Waals surface area contributed by atoms with Gasteiger partial charge in [-0.1, -0.05) is 142 Å². The molecule has 0 spiro atoms. The van der Waals surface area contributed by atoms with Crippen molar-refractivity contribution in [1.29, 1.82) is 0 Å². The Morgan fingerprint density at radius 2 is 1.47 bits per heavy atom. The van der Waals surface area contributed by atoms with E-state index in [-0.39, 0.29) is 37.3 Å². The molecule has 0 bridgehead atoms. The molecule has 1 aliphatic carbocycles. The first-order valence-corrected chi connectivity index (χ1v) is 22.7. The molecule has 3 heterocycles. The van der Waals surface area contributed by atoms with Gasteiger partial charge >= 0.3 is 21.1 Å². The van der Waals surface area contributed by atoms with E-state index in [0.29, 0.717) is 23.3 Å². The molecule has 2 aromatic heterocycles. The van der Waals surface area contributed by atoms with Crippen LogP contribution in [0, 0.1) is 26.0 Å². The van der Waals surface area contributed by atoms with Crippen LogP contribution in [0.15, 0.2) is 96.1 Å². The predicted molar refractivity (Wildman–Crippen MR) is 261 cm³/mol. The minimum atomic E-state index is -0.554. The van der Waals surface area contributed by atoms with Crippen molar-refractivity contribution < 1.29 is 30.5 Å². The Bertz CT molecular complexity index is 3020. The van der Waals surface area contributed by atoms with E-state index in [1.54, 1.807) is 0 Å². The van der Waals surface area contributed by atoms with E-state index in [4.69, 9.17) is 19.5 Å². The van der Waals surface area contributed by atoms with Crippen molar-refractivity contribution >= 4 is 27.8 Å². The summed E-state index contributed by atoms with van der Waals surface area (Å²) in [6.07, 6.45) is 2.67. The molecule has 2 atom stereocenters. The first-order chi connectivity index (χ1) is 29.5. The summed E-state index contributed by atoms with van der Waals surface area (Å²) in [5.41, 5.74) is 14.7. The first kappa shape index (κ1) is 45.6. The van der Waals surface area contributed by atoms with Crippen molar-refractivity contribution in [3.63, 3.8) is 0 Å². The van der Waals surface area contributed by atoms with E-state index in [9.17, 15) is 0 Å². The van der Waals surface area contributed by atoms with Crippen LogP contribution in [-0.4, -0.2) is 21.0 Å². The van der Waals surface area contributed by atoms with E-state index in [2.05, 4.69) is 199 Å². The molecule has 1 aliphatic heterocycles. The van der Waals surface area contributed by atoms with Crippen molar-refractivity contribution in [2.75, 3.05) is 0 Å². The number of hydrogen-bond donors (Lipinski definition) is 0. The van der Waals surface area contributed by atoms with E-state index in [1.165, 1.54) is 49.9 Å². The number of ether oxygens (including phenoxy) is 2. The zero-order valence-electron chi connectivity index (χ0n) is 40.4. The Labute approximate surface area is 396 Å². The standard InChI is InChI=1S/C58H63N3O2.Pt/c1-34(2)44-18-16-20-49(56(11,12)13)51(44)37-26-38(53-60-58(15)48-23-21-35(3)36(4)47(48)33-57(58,14)63-53)28-42(27-37)62-43-30-40(55(8,9)10)29-41(32-43)61-50-24-22-39(54(5,6)7)31-46(50)45-19-17-25-59-52(45)61;/h16-27,29-31,34H,33H2,1-15H3;/q-2;+2/t57-,58+;/m0./s1. The Kier molecular flexibility index (Phi) is 11.1. The van der Waals surface area contributed by atoms with Crippen LogP contribution in [0.1, 0.15) is 146 Å². The third kappa shape index (κ3) is 7.54. The fraction of sp³-hybridized carbons (Fsp3) is 0.379. The number of benzene rings is 5. The van der Waals surface area contributed by atoms with E-state index >= 15 is 0 Å². The Hall–Kier alpha value is -4.99. The minimum Gasteiger partial charge on any atom is -0.511 e. The SMILES string of the molecule is Cc1ccc2c(c1C)C[C@]1(C)OC(c3[c-]c(Oc4[c-]c(-n5c6ccc(C(C)(C)C)cc6c6cccnc65)cc(C(C)(C)C)c4)cc(-c4c(C(C)C)cccc4C(C)(C)C)c3)=N[C@]21C.[Pt+2]. The third-order valence-corrected chi connectivity index (χ3v) is 14.0. The summed E-state index contributed by atoms with van der Waals surface area (Å²) in [5, 5.41) is 2.28. The zero-order chi connectivity index (χ0) is 45.2. The average molecular weight is 1030 g/mol. The van der Waals surface area contributed by atoms with Gasteiger partial charge in [0.05, 0.1) is 5.52 Å². The minimum absolute atomic E-state index is 0. The second kappa shape index (κ2) is 15.6. The molecule has 0 unspecified atom stereocenters. The van der Waals surface area contributed by atoms with Crippen molar-refractivity contribution in [3.05, 3.63) is 153 Å². The molecule has 5 aromatic carbocycles. The molecule has 0 saturated carbocycles. The van der Waals surface area contributed by atoms with Gasteiger partial charge < -0.3 is 14.0 Å². The number of rotatable bonds is 6. The molecule has 9 rings (SSSR count). The van der Waals surface area contributed by atoms with Crippen LogP contribution in [0.3, 0.4) is 0 Å². The van der Waals surface area contributed by atoms with Crippen molar-refractivity contribution in [2.45, 2.75) is 144 Å². The summed E-state index contributed by atoms with van der Waals surface area (Å²) >= 11 is 0. The number of aromatic nitrogens is 2. The molecule has 0 saturated heterocycles. The average Bonchev–Trinajstić information content (AvgIpc) is 3.76. The summed E-state index contributed by atoms with van der Waals surface area (Å²) in [5.74, 6) is 2.06. The van der Waals surface area contributed by atoms with Gasteiger partial charge in [-0.05, 0) is 119 Å². The molecule has 0 radical (unpaired) electrons. The van der Waals surface area contributed by atoms with Gasteiger partial charge in [-0.2, -0.15) is 0 Å². The zero-order valence-corrected chi connectivity index (χ0v) is 42.7. The van der Waals surface area contributed by atoms with Gasteiger partial charge in [-0.25, -0.2) is 4.98 Å². The predicted octanol–water partition coefficient (Wildman–Crippen LogP) is 14.9. The van der Waals surface area contributed by atoms with Gasteiger partial charge in [0.25, 0.3) is 0 Å². The molecule has 332 valence electrons. The Morgan fingerprint density at radius 1 is 0.750 bits per heavy atom. The van der Waals surface area contributed by atoms with Crippen LogP contribution >= 0.6 is 0 Å². The molecule has 0 N–H and O–H groups in total. The van der Waals surface area contributed by atoms with Crippen LogP contribution in [0.5, 0.6) is 11.5 Å². The molecule has 2 aliphatic rings. The van der Waals surface area contributed by atoms with Gasteiger partial charge in [0.15, 0.2) is 0 Å². The molecular formula is C58H63N3O2Pt. The molecule has 6 heteroatoms. The molecule has 7 aromatic rings. The molecule has 64 heavy (non-hydrogen) atoms. The summed E-state index contributed by atoms with van der Waals surface area (Å²) in [7, 11) is 0. The van der Waals surface area contributed by atoms with Gasteiger partial charge in [0.1, 0.15) is 22.7 Å². The van der Waals surface area contributed by atoms with Crippen LogP contribution in [0.4, 0.5) is 0 Å². The Balaban J connectivity index is 0.00000560. The van der Waals surface area contributed by atoms with Gasteiger partial charge in [0, 0.05) is 34.9 Å². The summed E-state index contributed by atoms with van der Waals surface area (Å²) in [6.45, 7) is 33.8. The van der Waals surface area contributed by atoms with Crippen LogP contribution in [0.25, 0.3) is 38.8 Å². The fourth-order valence-electron chi connectivity index (χ4n) is 9.89. The quantitative estimate of drug-likeness (QED) is 0.156. The van der Waals surface area contributed by atoms with Crippen molar-refractivity contribution in [2.24, 2.45) is 4.99 Å². The second-order valence-electron chi connectivity index (χ2n) is 22.0. The Morgan fingerprint density at radius 3 is 2.16 bits per heavy atom. The fourth-order valence-corrected chi connectivity index (χ4v) is 9.89. The van der Waals surface area contributed by atoms with Crippen LogP contribution in [-0.2, 0) is 54.0 Å².